The van der Waals surface area contributed by atoms with E-state index in [4.69, 9.17) is 9.15 Å². The Kier molecular flexibility index (Phi) is 5.08. The third-order valence-corrected chi connectivity index (χ3v) is 4.89. The van der Waals surface area contributed by atoms with Crippen LogP contribution in [0, 0.1) is 13.8 Å². The van der Waals surface area contributed by atoms with Crippen LogP contribution in [0.3, 0.4) is 0 Å². The van der Waals surface area contributed by atoms with Crippen molar-refractivity contribution in [2.75, 3.05) is 13.7 Å². The first-order chi connectivity index (χ1) is 12.8. The highest BCUT2D eigenvalue weighted by atomic mass is 16.5. The van der Waals surface area contributed by atoms with Crippen molar-refractivity contribution < 1.29 is 18.7 Å². The molecule has 0 saturated heterocycles. The van der Waals surface area contributed by atoms with Crippen LogP contribution in [-0.4, -0.2) is 35.4 Å². The van der Waals surface area contributed by atoms with Crippen molar-refractivity contribution in [3.8, 4) is 0 Å². The zero-order valence-corrected chi connectivity index (χ0v) is 16.3. The molecule has 2 aromatic heterocycles. The Labute approximate surface area is 158 Å². The van der Waals surface area contributed by atoms with Gasteiger partial charge in [0.25, 0.3) is 5.91 Å². The number of benzene rings is 1. The Bertz CT molecular complexity index is 966. The van der Waals surface area contributed by atoms with Gasteiger partial charge in [0, 0.05) is 18.1 Å². The smallest absolute Gasteiger partial charge is 0.340 e. The number of para-hydroxylation sites is 1. The van der Waals surface area contributed by atoms with E-state index in [2.05, 4.69) is 4.98 Å². The second-order valence-electron chi connectivity index (χ2n) is 6.62. The lowest BCUT2D eigenvalue weighted by Crippen LogP contribution is -2.30. The largest absolute Gasteiger partial charge is 0.462 e. The molecule has 1 amide bonds. The lowest BCUT2D eigenvalue weighted by Gasteiger charge is -2.23. The number of rotatable bonds is 5. The number of carbonyl (C=O) groups excluding carboxylic acids is 2. The van der Waals surface area contributed by atoms with Gasteiger partial charge < -0.3 is 19.0 Å². The Morgan fingerprint density at radius 3 is 2.63 bits per heavy atom. The maximum atomic E-state index is 13.0. The van der Waals surface area contributed by atoms with Gasteiger partial charge in [0.05, 0.1) is 18.2 Å². The highest BCUT2D eigenvalue weighted by molar-refractivity contribution is 6.00. The minimum atomic E-state index is -0.421. The Morgan fingerprint density at radius 1 is 1.26 bits per heavy atom. The summed E-state index contributed by atoms with van der Waals surface area (Å²) in [5.74, 6) is 0.0773. The van der Waals surface area contributed by atoms with E-state index >= 15 is 0 Å². The molecule has 0 aliphatic rings. The fourth-order valence-electron chi connectivity index (χ4n) is 3.22. The van der Waals surface area contributed by atoms with Crippen molar-refractivity contribution in [2.45, 2.75) is 33.7 Å². The molecule has 6 nitrogen and oxygen atoms in total. The lowest BCUT2D eigenvalue weighted by molar-refractivity contribution is 0.0525. The molecule has 0 aliphatic heterocycles. The van der Waals surface area contributed by atoms with Gasteiger partial charge in [-0.05, 0) is 45.4 Å². The average Bonchev–Trinajstić information content (AvgIpc) is 3.20. The van der Waals surface area contributed by atoms with E-state index in [9.17, 15) is 9.59 Å². The maximum Gasteiger partial charge on any atom is 0.340 e. The lowest BCUT2D eigenvalue weighted by atomic mass is 10.1. The fraction of sp³-hybridized carbons (Fsp3) is 0.333. The van der Waals surface area contributed by atoms with Crippen molar-refractivity contribution in [3.05, 3.63) is 58.6 Å². The fourth-order valence-corrected chi connectivity index (χ4v) is 3.22. The number of furan rings is 1. The van der Waals surface area contributed by atoms with E-state index in [1.54, 1.807) is 32.7 Å². The van der Waals surface area contributed by atoms with Crippen LogP contribution < -0.4 is 0 Å². The van der Waals surface area contributed by atoms with Crippen molar-refractivity contribution in [2.24, 2.45) is 0 Å². The normalized spacial score (nSPS) is 12.2. The van der Waals surface area contributed by atoms with Crippen LogP contribution in [-0.2, 0) is 4.74 Å². The van der Waals surface area contributed by atoms with E-state index in [1.807, 2.05) is 37.3 Å². The van der Waals surface area contributed by atoms with E-state index in [0.717, 1.165) is 11.0 Å². The number of amides is 1. The first kappa shape index (κ1) is 18.8. The van der Waals surface area contributed by atoms with Crippen LogP contribution in [0.15, 0.2) is 34.7 Å². The second-order valence-corrected chi connectivity index (χ2v) is 6.62. The van der Waals surface area contributed by atoms with Gasteiger partial charge in [-0.1, -0.05) is 18.2 Å². The van der Waals surface area contributed by atoms with Gasteiger partial charge >= 0.3 is 5.97 Å². The molecule has 3 rings (SSSR count). The molecule has 2 heterocycles. The van der Waals surface area contributed by atoms with Crippen molar-refractivity contribution >= 4 is 22.8 Å². The van der Waals surface area contributed by atoms with Gasteiger partial charge in [0.1, 0.15) is 17.0 Å². The molecule has 27 heavy (non-hydrogen) atoms. The summed E-state index contributed by atoms with van der Waals surface area (Å²) in [5, 5.41) is 0.997. The van der Waals surface area contributed by atoms with Gasteiger partial charge in [0.15, 0.2) is 0 Å². The third-order valence-electron chi connectivity index (χ3n) is 4.89. The van der Waals surface area contributed by atoms with E-state index in [-0.39, 0.29) is 18.6 Å². The first-order valence-electron chi connectivity index (χ1n) is 8.97. The molecule has 0 spiro atoms. The molecule has 142 valence electrons. The number of aromatic amines is 1. The highest BCUT2D eigenvalue weighted by Crippen LogP contribution is 2.28. The molecule has 1 aromatic carbocycles. The maximum absolute atomic E-state index is 13.0. The number of fused-ring (bicyclic) bond motifs is 1. The monoisotopic (exact) mass is 368 g/mol. The minimum absolute atomic E-state index is 0.209. The summed E-state index contributed by atoms with van der Waals surface area (Å²) >= 11 is 0. The zero-order valence-electron chi connectivity index (χ0n) is 16.3. The van der Waals surface area contributed by atoms with Crippen LogP contribution in [0.25, 0.3) is 11.0 Å². The Balaban J connectivity index is 1.88. The Hall–Kier alpha value is -3.02. The quantitative estimate of drug-likeness (QED) is 0.678. The van der Waals surface area contributed by atoms with Crippen LogP contribution in [0.4, 0.5) is 0 Å². The molecule has 0 saturated carbocycles. The number of aromatic nitrogens is 1. The summed E-state index contributed by atoms with van der Waals surface area (Å²) in [7, 11) is 1.72. The number of aryl methyl sites for hydroxylation is 1. The predicted molar refractivity (Wildman–Crippen MR) is 103 cm³/mol. The standard InChI is InChI=1S/C21H24N2O4/c1-6-26-21(25)18-12(2)19(22-13(18)3)20(24)23(5)14(4)17-11-15-9-7-8-10-16(15)27-17/h7-11,14,22H,6H2,1-5H3. The topological polar surface area (TPSA) is 75.5 Å². The minimum Gasteiger partial charge on any atom is -0.462 e. The molecule has 1 atom stereocenters. The van der Waals surface area contributed by atoms with Gasteiger partial charge in [0.2, 0.25) is 0 Å². The van der Waals surface area contributed by atoms with Crippen molar-refractivity contribution in [1.29, 1.82) is 0 Å². The number of nitrogens with one attached hydrogen (secondary N) is 1. The summed E-state index contributed by atoms with van der Waals surface area (Å²) < 4.78 is 11.0. The van der Waals surface area contributed by atoms with Crippen molar-refractivity contribution in [1.82, 2.24) is 9.88 Å². The number of ether oxygens (including phenoxy) is 1. The van der Waals surface area contributed by atoms with Gasteiger partial charge in [-0.2, -0.15) is 0 Å². The number of hydrogen-bond acceptors (Lipinski definition) is 4. The number of H-pyrrole nitrogens is 1. The molecule has 1 N–H and O–H groups in total. The first-order valence-corrected chi connectivity index (χ1v) is 8.97. The summed E-state index contributed by atoms with van der Waals surface area (Å²) in [5.41, 5.74) is 2.82. The van der Waals surface area contributed by atoms with Crippen molar-refractivity contribution in [3.63, 3.8) is 0 Å². The van der Waals surface area contributed by atoms with Crippen LogP contribution in [0.5, 0.6) is 0 Å². The van der Waals surface area contributed by atoms with Gasteiger partial charge in [-0.3, -0.25) is 4.79 Å². The van der Waals surface area contributed by atoms with Crippen LogP contribution >= 0.6 is 0 Å². The van der Waals surface area contributed by atoms with E-state index in [0.29, 0.717) is 28.3 Å². The molecular formula is C21H24N2O4. The van der Waals surface area contributed by atoms with Crippen LogP contribution in [0.2, 0.25) is 0 Å². The van der Waals surface area contributed by atoms with Gasteiger partial charge in [-0.25, -0.2) is 4.79 Å². The molecule has 3 aromatic rings. The summed E-state index contributed by atoms with van der Waals surface area (Å²) in [4.78, 5) is 29.9. The molecule has 0 fully saturated rings. The SMILES string of the molecule is CCOC(=O)c1c(C)[nH]c(C(=O)N(C)C(C)c2cc3ccccc3o2)c1C. The zero-order chi connectivity index (χ0) is 19.7. The van der Waals surface area contributed by atoms with Gasteiger partial charge in [-0.15, -0.1) is 0 Å². The molecule has 6 heteroatoms. The molecule has 0 aliphatic carbocycles. The van der Waals surface area contributed by atoms with Crippen LogP contribution in [0.1, 0.15) is 57.8 Å². The predicted octanol–water partition coefficient (Wildman–Crippen LogP) is 4.39. The highest BCUT2D eigenvalue weighted by Gasteiger charge is 2.28. The average molecular weight is 368 g/mol. The summed E-state index contributed by atoms with van der Waals surface area (Å²) in [6.45, 7) is 7.47. The number of hydrogen-bond donors (Lipinski definition) is 1. The second kappa shape index (κ2) is 7.31. The Morgan fingerprint density at radius 2 is 1.96 bits per heavy atom. The summed E-state index contributed by atoms with van der Waals surface area (Å²) in [6, 6.07) is 9.42. The summed E-state index contributed by atoms with van der Waals surface area (Å²) in [6.07, 6.45) is 0. The molecular weight excluding hydrogens is 344 g/mol. The molecule has 0 bridgehead atoms. The van der Waals surface area contributed by atoms with E-state index in [1.165, 1.54) is 0 Å². The molecule has 0 radical (unpaired) electrons. The number of carbonyl (C=O) groups is 2. The number of nitrogens with zero attached hydrogens (tertiary/aromatic N) is 1. The molecule has 1 unspecified atom stereocenters. The third kappa shape index (κ3) is 3.35. The van der Waals surface area contributed by atoms with E-state index < -0.39 is 5.97 Å². The number of esters is 1.